The molecule has 0 bridgehead atoms. The van der Waals surface area contributed by atoms with Gasteiger partial charge < -0.3 is 5.32 Å². The molecule has 2 heterocycles. The third-order valence-electron chi connectivity index (χ3n) is 3.26. The number of hydrogen-bond acceptors (Lipinski definition) is 5. The van der Waals surface area contributed by atoms with Gasteiger partial charge in [0.25, 0.3) is 0 Å². The molecule has 2 aromatic rings. The van der Waals surface area contributed by atoms with Crippen LogP contribution in [0.1, 0.15) is 19.5 Å². The van der Waals surface area contributed by atoms with Crippen LogP contribution in [0.3, 0.4) is 0 Å². The van der Waals surface area contributed by atoms with Gasteiger partial charge in [0.05, 0.1) is 17.2 Å². The van der Waals surface area contributed by atoms with Crippen molar-refractivity contribution in [2.75, 3.05) is 0 Å². The molecule has 0 aliphatic rings. The van der Waals surface area contributed by atoms with E-state index in [-0.39, 0.29) is 11.6 Å². The molecule has 2 aromatic heterocycles. The Hall–Kier alpha value is -2.71. The number of aromatic nitrogens is 4. The molecule has 0 fully saturated rings. The Morgan fingerprint density at radius 2 is 2.19 bits per heavy atom. The zero-order valence-electron chi connectivity index (χ0n) is 12.0. The standard InChI is InChI=1S/C12H16N6O3/c1-12(2,17-8-10(7-15-17)18(20)21)11(19)13-6-9-4-5-14-16(9)3/h4-5,7-8H,6H2,1-3H3,(H,13,19). The molecular weight excluding hydrogens is 276 g/mol. The fraction of sp³-hybridized carbons (Fsp3) is 0.417. The summed E-state index contributed by atoms with van der Waals surface area (Å²) in [6.45, 7) is 3.60. The van der Waals surface area contributed by atoms with Crippen LogP contribution in [0.25, 0.3) is 0 Å². The molecule has 0 spiro atoms. The van der Waals surface area contributed by atoms with Crippen LogP contribution in [0.2, 0.25) is 0 Å². The van der Waals surface area contributed by atoms with Crippen LogP contribution in [0.4, 0.5) is 5.69 Å². The summed E-state index contributed by atoms with van der Waals surface area (Å²) >= 11 is 0. The molecule has 0 aromatic carbocycles. The number of nitrogens with zero attached hydrogens (tertiary/aromatic N) is 5. The van der Waals surface area contributed by atoms with Crippen molar-refractivity contribution in [3.8, 4) is 0 Å². The van der Waals surface area contributed by atoms with Gasteiger partial charge in [0.15, 0.2) is 0 Å². The van der Waals surface area contributed by atoms with E-state index in [1.54, 1.807) is 37.8 Å². The topological polar surface area (TPSA) is 108 Å². The molecule has 0 saturated heterocycles. The van der Waals surface area contributed by atoms with E-state index >= 15 is 0 Å². The lowest BCUT2D eigenvalue weighted by atomic mass is 10.1. The van der Waals surface area contributed by atoms with E-state index in [9.17, 15) is 14.9 Å². The maximum absolute atomic E-state index is 12.3. The smallest absolute Gasteiger partial charge is 0.307 e. The number of nitrogens with one attached hydrogen (secondary N) is 1. The predicted molar refractivity (Wildman–Crippen MR) is 73.3 cm³/mol. The van der Waals surface area contributed by atoms with Crippen LogP contribution in [0.15, 0.2) is 24.7 Å². The molecule has 0 aliphatic heterocycles. The number of rotatable bonds is 5. The first-order chi connectivity index (χ1) is 9.82. The summed E-state index contributed by atoms with van der Waals surface area (Å²) in [7, 11) is 1.78. The fourth-order valence-corrected chi connectivity index (χ4v) is 1.78. The molecule has 1 amide bonds. The Balaban J connectivity index is 2.08. The predicted octanol–water partition coefficient (Wildman–Crippen LogP) is 0.576. The number of hydrogen-bond donors (Lipinski definition) is 1. The Labute approximate surface area is 120 Å². The lowest BCUT2D eigenvalue weighted by Gasteiger charge is -2.23. The van der Waals surface area contributed by atoms with Crippen molar-refractivity contribution in [3.05, 3.63) is 40.5 Å². The molecule has 0 unspecified atom stereocenters. The first-order valence-electron chi connectivity index (χ1n) is 6.27. The minimum atomic E-state index is -1.03. The van der Waals surface area contributed by atoms with E-state index < -0.39 is 10.5 Å². The second kappa shape index (κ2) is 5.35. The van der Waals surface area contributed by atoms with Crippen molar-refractivity contribution in [1.29, 1.82) is 0 Å². The summed E-state index contributed by atoms with van der Waals surface area (Å²) in [5.41, 5.74) is -0.333. The van der Waals surface area contributed by atoms with Crippen molar-refractivity contribution in [2.24, 2.45) is 7.05 Å². The second-order valence-electron chi connectivity index (χ2n) is 5.09. The highest BCUT2D eigenvalue weighted by atomic mass is 16.6. The van der Waals surface area contributed by atoms with Gasteiger partial charge in [-0.1, -0.05) is 0 Å². The number of carbonyl (C=O) groups is 1. The summed E-state index contributed by atoms with van der Waals surface area (Å²) in [6.07, 6.45) is 4.00. The summed E-state index contributed by atoms with van der Waals surface area (Å²) in [4.78, 5) is 22.4. The Bertz CT molecular complexity index is 672. The SMILES string of the molecule is Cn1nccc1CNC(=O)C(C)(C)n1cc([N+](=O)[O-])cn1. The molecule has 0 saturated carbocycles. The van der Waals surface area contributed by atoms with Gasteiger partial charge in [-0.05, 0) is 19.9 Å². The Kier molecular flexibility index (Phi) is 3.74. The largest absolute Gasteiger partial charge is 0.348 e. The van der Waals surface area contributed by atoms with Crippen LogP contribution in [-0.4, -0.2) is 30.4 Å². The minimum Gasteiger partial charge on any atom is -0.348 e. The summed E-state index contributed by atoms with van der Waals surface area (Å²) in [6, 6.07) is 1.80. The van der Waals surface area contributed by atoms with Crippen LogP contribution in [0.5, 0.6) is 0 Å². The van der Waals surface area contributed by atoms with Gasteiger partial charge in [0.2, 0.25) is 5.91 Å². The van der Waals surface area contributed by atoms with E-state index in [0.717, 1.165) is 11.9 Å². The van der Waals surface area contributed by atoms with E-state index in [0.29, 0.717) is 6.54 Å². The normalized spacial score (nSPS) is 11.4. The van der Waals surface area contributed by atoms with Gasteiger partial charge in [-0.15, -0.1) is 0 Å². The third kappa shape index (κ3) is 2.91. The quantitative estimate of drug-likeness (QED) is 0.640. The summed E-state index contributed by atoms with van der Waals surface area (Å²) in [5.74, 6) is -0.290. The first kappa shape index (κ1) is 14.7. The van der Waals surface area contributed by atoms with Gasteiger partial charge in [-0.2, -0.15) is 10.2 Å². The number of amides is 1. The molecule has 2 rings (SSSR count). The molecular formula is C12H16N6O3. The van der Waals surface area contributed by atoms with Crippen LogP contribution >= 0.6 is 0 Å². The summed E-state index contributed by atoms with van der Waals surface area (Å²) in [5, 5.41) is 21.3. The number of carbonyl (C=O) groups excluding carboxylic acids is 1. The maximum Gasteiger partial charge on any atom is 0.307 e. The van der Waals surface area contributed by atoms with Crippen LogP contribution in [-0.2, 0) is 23.9 Å². The molecule has 1 N–H and O–H groups in total. The highest BCUT2D eigenvalue weighted by Gasteiger charge is 2.31. The van der Waals surface area contributed by atoms with Crippen LogP contribution < -0.4 is 5.32 Å². The molecule has 112 valence electrons. The van der Waals surface area contributed by atoms with Crippen LogP contribution in [0, 0.1) is 10.1 Å². The van der Waals surface area contributed by atoms with Gasteiger partial charge in [0.1, 0.15) is 17.9 Å². The molecule has 0 atom stereocenters. The average Bonchev–Trinajstić information content (AvgIpc) is 3.05. The second-order valence-corrected chi connectivity index (χ2v) is 5.09. The maximum atomic E-state index is 12.3. The van der Waals surface area contributed by atoms with Crippen molar-refractivity contribution >= 4 is 11.6 Å². The monoisotopic (exact) mass is 292 g/mol. The zero-order valence-corrected chi connectivity index (χ0v) is 12.0. The molecule has 9 heteroatoms. The zero-order chi connectivity index (χ0) is 15.6. The Morgan fingerprint density at radius 3 is 2.71 bits per heavy atom. The van der Waals surface area contributed by atoms with Gasteiger partial charge in [0, 0.05) is 13.2 Å². The number of nitro groups is 1. The lowest BCUT2D eigenvalue weighted by molar-refractivity contribution is -0.385. The van der Waals surface area contributed by atoms with Crippen molar-refractivity contribution < 1.29 is 9.72 Å². The van der Waals surface area contributed by atoms with E-state index in [1.165, 1.54) is 10.9 Å². The molecule has 9 nitrogen and oxygen atoms in total. The van der Waals surface area contributed by atoms with Crippen molar-refractivity contribution in [1.82, 2.24) is 24.9 Å². The number of aryl methyl sites for hydroxylation is 1. The van der Waals surface area contributed by atoms with Gasteiger partial charge in [-0.25, -0.2) is 0 Å². The van der Waals surface area contributed by atoms with Gasteiger partial charge >= 0.3 is 5.69 Å². The van der Waals surface area contributed by atoms with Gasteiger partial charge in [-0.3, -0.25) is 24.3 Å². The van der Waals surface area contributed by atoms with E-state index in [2.05, 4.69) is 15.5 Å². The van der Waals surface area contributed by atoms with E-state index in [1.807, 2.05) is 0 Å². The minimum absolute atomic E-state index is 0.150. The van der Waals surface area contributed by atoms with Crippen molar-refractivity contribution in [2.45, 2.75) is 25.9 Å². The average molecular weight is 292 g/mol. The highest BCUT2D eigenvalue weighted by molar-refractivity contribution is 5.83. The molecule has 0 aliphatic carbocycles. The van der Waals surface area contributed by atoms with Crippen molar-refractivity contribution in [3.63, 3.8) is 0 Å². The molecule has 21 heavy (non-hydrogen) atoms. The lowest BCUT2D eigenvalue weighted by Crippen LogP contribution is -2.44. The fourth-order valence-electron chi connectivity index (χ4n) is 1.78. The summed E-state index contributed by atoms with van der Waals surface area (Å²) < 4.78 is 2.94. The first-order valence-corrected chi connectivity index (χ1v) is 6.27. The third-order valence-corrected chi connectivity index (χ3v) is 3.26. The highest BCUT2D eigenvalue weighted by Crippen LogP contribution is 2.18. The van der Waals surface area contributed by atoms with E-state index in [4.69, 9.17) is 0 Å². The Morgan fingerprint density at radius 1 is 1.48 bits per heavy atom. The molecule has 0 radical (unpaired) electrons.